The Morgan fingerprint density at radius 1 is 1.09 bits per heavy atom. The van der Waals surface area contributed by atoms with Crippen LogP contribution in [0.2, 0.25) is 0 Å². The van der Waals surface area contributed by atoms with Crippen LogP contribution in [-0.2, 0) is 7.05 Å². The minimum Gasteiger partial charge on any atom is -0.275 e. The van der Waals surface area contributed by atoms with Gasteiger partial charge in [-0.3, -0.25) is 4.68 Å². The molecule has 116 valence electrons. The van der Waals surface area contributed by atoms with Crippen molar-refractivity contribution in [2.45, 2.75) is 0 Å². The fourth-order valence-electron chi connectivity index (χ4n) is 2.13. The van der Waals surface area contributed by atoms with Gasteiger partial charge in [0.2, 0.25) is 4.96 Å². The standard InChI is InChI=1S/C13H7F3N6S/c1-21-5-6(4-17-21)11-18-19-13-22(11)20-12(23-13)7-2-3-8(14)10(16)9(7)15/h2-5H,1H3. The molecule has 4 rings (SSSR count). The van der Waals surface area contributed by atoms with E-state index in [1.54, 1.807) is 24.1 Å². The lowest BCUT2D eigenvalue weighted by atomic mass is 10.2. The van der Waals surface area contributed by atoms with E-state index in [9.17, 15) is 13.2 Å². The number of hydrogen-bond acceptors (Lipinski definition) is 5. The van der Waals surface area contributed by atoms with Crippen LogP contribution in [0.5, 0.6) is 0 Å². The first-order valence-corrected chi connectivity index (χ1v) is 7.21. The molecular formula is C13H7F3N6S. The average Bonchev–Trinajstić information content (AvgIpc) is 3.20. The highest BCUT2D eigenvalue weighted by molar-refractivity contribution is 7.19. The Labute approximate surface area is 130 Å². The summed E-state index contributed by atoms with van der Waals surface area (Å²) in [6.45, 7) is 0. The van der Waals surface area contributed by atoms with Crippen molar-refractivity contribution < 1.29 is 13.2 Å². The number of rotatable bonds is 2. The van der Waals surface area contributed by atoms with E-state index in [0.29, 0.717) is 16.3 Å². The maximum atomic E-state index is 13.9. The molecule has 3 aromatic heterocycles. The van der Waals surface area contributed by atoms with Gasteiger partial charge in [-0.25, -0.2) is 13.2 Å². The Hall–Kier alpha value is -2.75. The number of hydrogen-bond donors (Lipinski definition) is 0. The summed E-state index contributed by atoms with van der Waals surface area (Å²) in [5, 5.41) is 16.4. The summed E-state index contributed by atoms with van der Waals surface area (Å²) in [5.41, 5.74) is 0.555. The van der Waals surface area contributed by atoms with Crippen LogP contribution in [0.3, 0.4) is 0 Å². The first-order valence-electron chi connectivity index (χ1n) is 6.39. The van der Waals surface area contributed by atoms with Crippen molar-refractivity contribution in [1.29, 1.82) is 0 Å². The Morgan fingerprint density at radius 2 is 1.91 bits per heavy atom. The molecule has 0 saturated heterocycles. The molecule has 0 saturated carbocycles. The molecule has 0 radical (unpaired) electrons. The van der Waals surface area contributed by atoms with E-state index in [1.165, 1.54) is 4.52 Å². The van der Waals surface area contributed by atoms with Crippen molar-refractivity contribution in [3.05, 3.63) is 42.0 Å². The number of aromatic nitrogens is 6. The highest BCUT2D eigenvalue weighted by atomic mass is 32.1. The van der Waals surface area contributed by atoms with Gasteiger partial charge in [-0.05, 0) is 12.1 Å². The number of benzene rings is 1. The van der Waals surface area contributed by atoms with Crippen LogP contribution in [0.25, 0.3) is 26.9 Å². The summed E-state index contributed by atoms with van der Waals surface area (Å²) >= 11 is 1.02. The molecule has 0 amide bonds. The molecule has 3 heterocycles. The largest absolute Gasteiger partial charge is 0.275 e. The Morgan fingerprint density at radius 3 is 2.65 bits per heavy atom. The van der Waals surface area contributed by atoms with Gasteiger partial charge in [0.15, 0.2) is 28.3 Å². The van der Waals surface area contributed by atoms with E-state index in [0.717, 1.165) is 23.5 Å². The molecule has 0 aliphatic heterocycles. The van der Waals surface area contributed by atoms with Gasteiger partial charge in [-0.15, -0.1) is 10.2 Å². The zero-order chi connectivity index (χ0) is 16.1. The zero-order valence-corrected chi connectivity index (χ0v) is 12.4. The molecule has 0 aliphatic carbocycles. The van der Waals surface area contributed by atoms with E-state index < -0.39 is 17.5 Å². The second-order valence-corrected chi connectivity index (χ2v) is 5.71. The maximum Gasteiger partial charge on any atom is 0.235 e. The number of fused-ring (bicyclic) bond motifs is 1. The van der Waals surface area contributed by atoms with E-state index >= 15 is 0 Å². The summed E-state index contributed by atoms with van der Waals surface area (Å²) in [6.07, 6.45) is 3.32. The van der Waals surface area contributed by atoms with E-state index in [1.807, 2.05) is 0 Å². The monoisotopic (exact) mass is 336 g/mol. The highest BCUT2D eigenvalue weighted by Gasteiger charge is 2.20. The number of halogens is 3. The number of aryl methyl sites for hydroxylation is 1. The molecule has 0 spiro atoms. The quantitative estimate of drug-likeness (QED) is 0.528. The van der Waals surface area contributed by atoms with Gasteiger partial charge in [-0.1, -0.05) is 11.3 Å². The summed E-state index contributed by atoms with van der Waals surface area (Å²) in [7, 11) is 1.75. The molecule has 10 heteroatoms. The molecule has 0 N–H and O–H groups in total. The van der Waals surface area contributed by atoms with Gasteiger partial charge < -0.3 is 0 Å². The first kappa shape index (κ1) is 13.9. The van der Waals surface area contributed by atoms with Gasteiger partial charge in [-0.2, -0.15) is 14.7 Å². The molecule has 0 atom stereocenters. The van der Waals surface area contributed by atoms with Gasteiger partial charge >= 0.3 is 0 Å². The van der Waals surface area contributed by atoms with Gasteiger partial charge in [0.05, 0.1) is 17.3 Å². The minimum absolute atomic E-state index is 0.128. The van der Waals surface area contributed by atoms with Crippen LogP contribution < -0.4 is 0 Å². The Kier molecular flexibility index (Phi) is 2.94. The van der Waals surface area contributed by atoms with Crippen LogP contribution in [0.4, 0.5) is 13.2 Å². The van der Waals surface area contributed by atoms with Crippen LogP contribution in [0, 0.1) is 17.5 Å². The molecule has 23 heavy (non-hydrogen) atoms. The predicted molar refractivity (Wildman–Crippen MR) is 76.2 cm³/mol. The van der Waals surface area contributed by atoms with Crippen molar-refractivity contribution in [2.75, 3.05) is 0 Å². The number of nitrogens with zero attached hydrogens (tertiary/aromatic N) is 6. The highest BCUT2D eigenvalue weighted by Crippen LogP contribution is 2.31. The molecule has 6 nitrogen and oxygen atoms in total. The van der Waals surface area contributed by atoms with Crippen molar-refractivity contribution in [3.8, 4) is 22.0 Å². The molecular weight excluding hydrogens is 329 g/mol. The van der Waals surface area contributed by atoms with E-state index in [-0.39, 0.29) is 10.6 Å². The lowest BCUT2D eigenvalue weighted by molar-refractivity contribution is 0.449. The van der Waals surface area contributed by atoms with Crippen molar-refractivity contribution in [1.82, 2.24) is 29.6 Å². The minimum atomic E-state index is -1.53. The second-order valence-electron chi connectivity index (χ2n) is 4.75. The van der Waals surface area contributed by atoms with E-state index in [2.05, 4.69) is 20.4 Å². The third kappa shape index (κ3) is 2.10. The second kappa shape index (κ2) is 4.88. The van der Waals surface area contributed by atoms with Crippen LogP contribution in [-0.4, -0.2) is 29.6 Å². The summed E-state index contributed by atoms with van der Waals surface area (Å²) in [6, 6.07) is 2.00. The third-order valence-electron chi connectivity index (χ3n) is 3.22. The maximum absolute atomic E-state index is 13.9. The molecule has 0 aliphatic rings. The van der Waals surface area contributed by atoms with Crippen LogP contribution in [0.15, 0.2) is 24.5 Å². The van der Waals surface area contributed by atoms with Crippen molar-refractivity contribution >= 4 is 16.3 Å². The van der Waals surface area contributed by atoms with Crippen molar-refractivity contribution in [2.24, 2.45) is 7.05 Å². The first-order chi connectivity index (χ1) is 11.0. The average molecular weight is 336 g/mol. The van der Waals surface area contributed by atoms with E-state index in [4.69, 9.17) is 0 Å². The molecule has 0 fully saturated rings. The van der Waals surface area contributed by atoms with Crippen molar-refractivity contribution in [3.63, 3.8) is 0 Å². The normalized spacial score (nSPS) is 11.5. The summed E-state index contributed by atoms with van der Waals surface area (Å²) < 4.78 is 43.3. The molecule has 4 aromatic rings. The van der Waals surface area contributed by atoms with Gasteiger partial charge in [0, 0.05) is 13.2 Å². The smallest absolute Gasteiger partial charge is 0.235 e. The lowest BCUT2D eigenvalue weighted by Crippen LogP contribution is -1.95. The van der Waals surface area contributed by atoms with Crippen LogP contribution >= 0.6 is 11.3 Å². The zero-order valence-electron chi connectivity index (χ0n) is 11.5. The van der Waals surface area contributed by atoms with Gasteiger partial charge in [0.25, 0.3) is 0 Å². The molecule has 0 bridgehead atoms. The fourth-order valence-corrected chi connectivity index (χ4v) is 2.99. The Balaban J connectivity index is 1.88. The van der Waals surface area contributed by atoms with Crippen LogP contribution in [0.1, 0.15) is 0 Å². The van der Waals surface area contributed by atoms with Gasteiger partial charge in [0.1, 0.15) is 0 Å². The predicted octanol–water partition coefficient (Wildman–Crippen LogP) is 2.67. The fraction of sp³-hybridized carbons (Fsp3) is 0.0769. The summed E-state index contributed by atoms with van der Waals surface area (Å²) in [4.78, 5) is 0.406. The summed E-state index contributed by atoms with van der Waals surface area (Å²) in [5.74, 6) is -3.62. The Bertz CT molecular complexity index is 1030. The SMILES string of the molecule is Cn1cc(-c2nnc3sc(-c4ccc(F)c(F)c4F)nn23)cn1. The lowest BCUT2D eigenvalue weighted by Gasteiger charge is -2.00. The molecule has 1 aromatic carbocycles. The third-order valence-corrected chi connectivity index (χ3v) is 4.15. The molecule has 0 unspecified atom stereocenters. The topological polar surface area (TPSA) is 60.9 Å².